The van der Waals surface area contributed by atoms with Crippen molar-refractivity contribution in [2.45, 2.75) is 6.92 Å². The average Bonchev–Trinajstić information content (AvgIpc) is 2.20. The van der Waals surface area contributed by atoms with Gasteiger partial charge in [0.05, 0.1) is 7.11 Å². The number of hydrogen-bond acceptors (Lipinski definition) is 2. The molecule has 1 rings (SSSR count). The van der Waals surface area contributed by atoms with Crippen molar-refractivity contribution in [3.8, 4) is 0 Å². The minimum atomic E-state index is 0.845. The molecule has 1 aromatic rings. The summed E-state index contributed by atoms with van der Waals surface area (Å²) in [6.45, 7) is 5.66. The monoisotopic (exact) mass is 175 g/mol. The Labute approximate surface area is 78.6 Å². The van der Waals surface area contributed by atoms with Crippen LogP contribution in [0.2, 0.25) is 0 Å². The first-order chi connectivity index (χ1) is 6.33. The number of pyridine rings is 1. The highest BCUT2D eigenvalue weighted by atomic mass is 16.5. The summed E-state index contributed by atoms with van der Waals surface area (Å²) >= 11 is 0. The molecule has 68 valence electrons. The zero-order valence-electron chi connectivity index (χ0n) is 7.95. The molecule has 0 unspecified atom stereocenters. The van der Waals surface area contributed by atoms with Gasteiger partial charge in [0.15, 0.2) is 0 Å². The second-order valence-electron chi connectivity index (χ2n) is 2.52. The molecule has 0 N–H and O–H groups in total. The number of aromatic nitrogens is 1. The summed E-state index contributed by atoms with van der Waals surface area (Å²) in [5, 5.41) is 0. The third kappa shape index (κ3) is 1.96. The van der Waals surface area contributed by atoms with E-state index in [1.807, 2.05) is 19.1 Å². The summed E-state index contributed by atoms with van der Waals surface area (Å²) in [6.07, 6.45) is 7.20. The van der Waals surface area contributed by atoms with Crippen LogP contribution in [-0.4, -0.2) is 12.1 Å². The summed E-state index contributed by atoms with van der Waals surface area (Å²) in [4.78, 5) is 4.01. The molecule has 13 heavy (non-hydrogen) atoms. The molecule has 0 amide bonds. The molecule has 0 spiro atoms. The van der Waals surface area contributed by atoms with Crippen LogP contribution in [0.15, 0.2) is 31.1 Å². The van der Waals surface area contributed by atoms with Crippen LogP contribution < -0.4 is 0 Å². The highest BCUT2D eigenvalue weighted by Crippen LogP contribution is 2.19. The van der Waals surface area contributed by atoms with Crippen molar-refractivity contribution in [3.05, 3.63) is 42.2 Å². The Morgan fingerprint density at radius 2 is 2.38 bits per heavy atom. The molecule has 0 saturated heterocycles. The van der Waals surface area contributed by atoms with Crippen LogP contribution in [0.5, 0.6) is 0 Å². The maximum atomic E-state index is 5.21. The molecule has 0 aliphatic rings. The summed E-state index contributed by atoms with van der Waals surface area (Å²) in [6, 6.07) is 1.91. The normalized spacial score (nSPS) is 11.1. The first kappa shape index (κ1) is 9.52. The minimum Gasteiger partial charge on any atom is -0.496 e. The van der Waals surface area contributed by atoms with E-state index in [-0.39, 0.29) is 0 Å². The van der Waals surface area contributed by atoms with E-state index in [4.69, 9.17) is 4.74 Å². The molecule has 1 aromatic heterocycles. The SMILES string of the molecule is C=Cc1cnccc1/C(=C\C)OC. The predicted octanol–water partition coefficient (Wildman–Crippen LogP) is 2.73. The highest BCUT2D eigenvalue weighted by molar-refractivity contribution is 5.69. The number of methoxy groups -OCH3 is 1. The summed E-state index contributed by atoms with van der Waals surface area (Å²) in [5.41, 5.74) is 2.01. The second kappa shape index (κ2) is 4.45. The summed E-state index contributed by atoms with van der Waals surface area (Å²) in [7, 11) is 1.66. The van der Waals surface area contributed by atoms with Gasteiger partial charge in [-0.2, -0.15) is 0 Å². The Balaban J connectivity index is 3.19. The predicted molar refractivity (Wildman–Crippen MR) is 55.0 cm³/mol. The van der Waals surface area contributed by atoms with Gasteiger partial charge in [0, 0.05) is 23.5 Å². The zero-order chi connectivity index (χ0) is 9.68. The third-order valence-electron chi connectivity index (χ3n) is 1.82. The van der Waals surface area contributed by atoms with Crippen LogP contribution in [-0.2, 0) is 4.74 Å². The molecule has 0 bridgehead atoms. The Bertz CT molecular complexity index is 329. The van der Waals surface area contributed by atoms with E-state index in [1.54, 1.807) is 25.6 Å². The molecule has 2 nitrogen and oxygen atoms in total. The Hall–Kier alpha value is -1.57. The van der Waals surface area contributed by atoms with Crippen molar-refractivity contribution in [2.75, 3.05) is 7.11 Å². The molecule has 0 atom stereocenters. The van der Waals surface area contributed by atoms with E-state index in [0.29, 0.717) is 0 Å². The first-order valence-corrected chi connectivity index (χ1v) is 4.10. The Morgan fingerprint density at radius 3 is 2.92 bits per heavy atom. The number of allylic oxidation sites excluding steroid dienone is 1. The van der Waals surface area contributed by atoms with E-state index in [9.17, 15) is 0 Å². The van der Waals surface area contributed by atoms with Gasteiger partial charge in [0.2, 0.25) is 0 Å². The summed E-state index contributed by atoms with van der Waals surface area (Å²) < 4.78 is 5.21. The minimum absolute atomic E-state index is 0.845. The van der Waals surface area contributed by atoms with Gasteiger partial charge >= 0.3 is 0 Å². The standard InChI is InChI=1S/C11H13NO/c1-4-9-8-12-7-6-10(9)11(5-2)13-3/h4-8H,1H2,2-3H3/b11-5+. The van der Waals surface area contributed by atoms with Crippen molar-refractivity contribution < 1.29 is 4.74 Å². The van der Waals surface area contributed by atoms with Crippen molar-refractivity contribution in [1.29, 1.82) is 0 Å². The van der Waals surface area contributed by atoms with E-state index in [0.717, 1.165) is 16.9 Å². The average molecular weight is 175 g/mol. The van der Waals surface area contributed by atoms with Crippen molar-refractivity contribution >= 4 is 11.8 Å². The fourth-order valence-corrected chi connectivity index (χ4v) is 1.18. The molecular formula is C11H13NO. The topological polar surface area (TPSA) is 22.1 Å². The number of nitrogens with zero attached hydrogens (tertiary/aromatic N) is 1. The van der Waals surface area contributed by atoms with Gasteiger partial charge in [-0.1, -0.05) is 12.7 Å². The Kier molecular flexibility index (Phi) is 3.26. The van der Waals surface area contributed by atoms with Gasteiger partial charge in [-0.25, -0.2) is 0 Å². The van der Waals surface area contributed by atoms with Gasteiger partial charge in [-0.15, -0.1) is 0 Å². The van der Waals surface area contributed by atoms with Gasteiger partial charge in [-0.05, 0) is 19.1 Å². The number of ether oxygens (including phenoxy) is 1. The first-order valence-electron chi connectivity index (χ1n) is 4.10. The summed E-state index contributed by atoms with van der Waals surface area (Å²) in [5.74, 6) is 0.845. The van der Waals surface area contributed by atoms with Crippen LogP contribution in [0, 0.1) is 0 Å². The Morgan fingerprint density at radius 1 is 1.62 bits per heavy atom. The molecule has 0 radical (unpaired) electrons. The van der Waals surface area contributed by atoms with Gasteiger partial charge in [0.1, 0.15) is 5.76 Å². The molecule has 1 heterocycles. The molecule has 0 fully saturated rings. The molecule has 0 aromatic carbocycles. The number of hydrogen-bond donors (Lipinski definition) is 0. The lowest BCUT2D eigenvalue weighted by atomic mass is 10.1. The third-order valence-corrected chi connectivity index (χ3v) is 1.82. The lowest BCUT2D eigenvalue weighted by Crippen LogP contribution is -1.91. The largest absolute Gasteiger partial charge is 0.496 e. The van der Waals surface area contributed by atoms with Crippen LogP contribution >= 0.6 is 0 Å². The van der Waals surface area contributed by atoms with E-state index in [1.165, 1.54) is 0 Å². The van der Waals surface area contributed by atoms with E-state index in [2.05, 4.69) is 11.6 Å². The fourth-order valence-electron chi connectivity index (χ4n) is 1.18. The van der Waals surface area contributed by atoms with Gasteiger partial charge in [-0.3, -0.25) is 4.98 Å². The van der Waals surface area contributed by atoms with Crippen molar-refractivity contribution in [1.82, 2.24) is 4.98 Å². The van der Waals surface area contributed by atoms with Crippen molar-refractivity contribution in [2.24, 2.45) is 0 Å². The smallest absolute Gasteiger partial charge is 0.122 e. The van der Waals surface area contributed by atoms with Crippen LogP contribution in [0.3, 0.4) is 0 Å². The van der Waals surface area contributed by atoms with Crippen LogP contribution in [0.25, 0.3) is 11.8 Å². The quantitative estimate of drug-likeness (QED) is 0.659. The zero-order valence-corrected chi connectivity index (χ0v) is 7.95. The lowest BCUT2D eigenvalue weighted by molar-refractivity contribution is 0.369. The van der Waals surface area contributed by atoms with Crippen LogP contribution in [0.1, 0.15) is 18.1 Å². The maximum Gasteiger partial charge on any atom is 0.122 e. The lowest BCUT2D eigenvalue weighted by Gasteiger charge is -2.07. The second-order valence-corrected chi connectivity index (χ2v) is 2.52. The van der Waals surface area contributed by atoms with Crippen LogP contribution in [0.4, 0.5) is 0 Å². The van der Waals surface area contributed by atoms with Gasteiger partial charge < -0.3 is 4.74 Å². The molecular weight excluding hydrogens is 162 g/mol. The van der Waals surface area contributed by atoms with Gasteiger partial charge in [0.25, 0.3) is 0 Å². The van der Waals surface area contributed by atoms with E-state index < -0.39 is 0 Å². The highest BCUT2D eigenvalue weighted by Gasteiger charge is 2.03. The molecule has 0 aliphatic carbocycles. The van der Waals surface area contributed by atoms with E-state index >= 15 is 0 Å². The maximum absolute atomic E-state index is 5.21. The molecule has 0 aliphatic heterocycles. The molecule has 0 saturated carbocycles. The number of rotatable bonds is 3. The molecule has 2 heteroatoms. The fraction of sp³-hybridized carbons (Fsp3) is 0.182. The van der Waals surface area contributed by atoms with Crippen molar-refractivity contribution in [3.63, 3.8) is 0 Å².